The van der Waals surface area contributed by atoms with Crippen LogP contribution in [-0.4, -0.2) is 22.8 Å². The number of aromatic hydroxyl groups is 2. The minimum absolute atomic E-state index is 0.0925. The van der Waals surface area contributed by atoms with Crippen LogP contribution in [0.4, 0.5) is 0 Å². The van der Waals surface area contributed by atoms with E-state index in [1.54, 1.807) is 0 Å². The number of phenols is 2. The molecule has 0 aliphatic rings. The molecule has 4 nitrogen and oxygen atoms in total. The molecule has 0 aliphatic carbocycles. The maximum Gasteiger partial charge on any atom is 0.338 e. The molecule has 0 unspecified atom stereocenters. The summed E-state index contributed by atoms with van der Waals surface area (Å²) < 4.78 is 4.71. The van der Waals surface area contributed by atoms with Crippen LogP contribution in [0.25, 0.3) is 0 Å². The fraction of sp³-hybridized carbons (Fsp3) is 0.100. The van der Waals surface area contributed by atoms with E-state index in [9.17, 15) is 4.79 Å². The molecule has 2 N–H and O–H groups in total. The molecule has 1 aromatic carbocycles. The largest absolute Gasteiger partial charge is 0.508 e. The summed E-state index contributed by atoms with van der Waals surface area (Å²) in [5, 5.41) is 18.2. The fourth-order valence-corrected chi connectivity index (χ4v) is 0.931. The molecule has 0 bridgehead atoms. The van der Waals surface area contributed by atoms with Crippen LogP contribution in [0, 0.1) is 0 Å². The second-order valence-corrected chi connectivity index (χ2v) is 2.63. The number of hydrogen-bond acceptors (Lipinski definition) is 4. The van der Waals surface area contributed by atoms with E-state index >= 15 is 0 Å². The number of rotatable bonds is 3. The first-order valence-electron chi connectivity index (χ1n) is 3.94. The SMILES string of the molecule is C=CCOC(=O)c1cc(O)cc(O)c1. The van der Waals surface area contributed by atoms with E-state index in [0.29, 0.717) is 0 Å². The normalized spacial score (nSPS) is 9.43. The van der Waals surface area contributed by atoms with Crippen LogP contribution in [0.1, 0.15) is 10.4 Å². The van der Waals surface area contributed by atoms with E-state index in [1.807, 2.05) is 0 Å². The minimum atomic E-state index is -0.615. The summed E-state index contributed by atoms with van der Waals surface area (Å²) in [5.41, 5.74) is 0.101. The highest BCUT2D eigenvalue weighted by Crippen LogP contribution is 2.20. The van der Waals surface area contributed by atoms with Gasteiger partial charge in [-0.15, -0.1) is 0 Å². The molecule has 0 atom stereocenters. The van der Waals surface area contributed by atoms with E-state index in [0.717, 1.165) is 6.07 Å². The zero-order valence-corrected chi connectivity index (χ0v) is 7.43. The third-order valence-electron chi connectivity index (χ3n) is 1.47. The molecule has 0 amide bonds. The van der Waals surface area contributed by atoms with E-state index in [1.165, 1.54) is 18.2 Å². The first-order chi connectivity index (χ1) is 6.63. The summed E-state index contributed by atoms with van der Waals surface area (Å²) >= 11 is 0. The molecule has 1 aromatic rings. The van der Waals surface area contributed by atoms with Crippen LogP contribution in [0.3, 0.4) is 0 Å². The molecule has 0 fully saturated rings. The quantitative estimate of drug-likeness (QED) is 0.564. The predicted octanol–water partition coefficient (Wildman–Crippen LogP) is 1.44. The second-order valence-electron chi connectivity index (χ2n) is 2.63. The number of carbonyl (C=O) groups excluding carboxylic acids is 1. The first kappa shape index (κ1) is 10.1. The number of esters is 1. The minimum Gasteiger partial charge on any atom is -0.508 e. The molecule has 0 aromatic heterocycles. The second kappa shape index (κ2) is 4.32. The van der Waals surface area contributed by atoms with Gasteiger partial charge < -0.3 is 14.9 Å². The molecular formula is C10H10O4. The Hall–Kier alpha value is -1.97. The van der Waals surface area contributed by atoms with Crippen LogP contribution in [0.2, 0.25) is 0 Å². The van der Waals surface area contributed by atoms with Gasteiger partial charge in [-0.3, -0.25) is 0 Å². The lowest BCUT2D eigenvalue weighted by Gasteiger charge is -2.02. The van der Waals surface area contributed by atoms with Gasteiger partial charge in [-0.1, -0.05) is 12.7 Å². The predicted molar refractivity (Wildman–Crippen MR) is 50.3 cm³/mol. The van der Waals surface area contributed by atoms with Crippen molar-refractivity contribution >= 4 is 5.97 Å². The number of benzene rings is 1. The van der Waals surface area contributed by atoms with Gasteiger partial charge in [0.15, 0.2) is 0 Å². The van der Waals surface area contributed by atoms with E-state index in [-0.39, 0.29) is 23.7 Å². The van der Waals surface area contributed by atoms with Crippen molar-refractivity contribution in [3.05, 3.63) is 36.4 Å². The molecular weight excluding hydrogens is 184 g/mol. The molecule has 4 heteroatoms. The third-order valence-corrected chi connectivity index (χ3v) is 1.47. The Morgan fingerprint density at radius 1 is 1.36 bits per heavy atom. The molecule has 74 valence electrons. The van der Waals surface area contributed by atoms with Crippen molar-refractivity contribution in [2.75, 3.05) is 6.61 Å². The van der Waals surface area contributed by atoms with Gasteiger partial charge in [-0.2, -0.15) is 0 Å². The summed E-state index contributed by atoms with van der Waals surface area (Å²) in [7, 11) is 0. The standard InChI is InChI=1S/C10H10O4/c1-2-3-14-10(13)7-4-8(11)6-9(12)5-7/h2,4-6,11-12H,1,3H2. The summed E-state index contributed by atoms with van der Waals surface area (Å²) in [5.74, 6) is -0.984. The van der Waals surface area contributed by atoms with Gasteiger partial charge in [-0.25, -0.2) is 4.79 Å². The van der Waals surface area contributed by atoms with Gasteiger partial charge in [0, 0.05) is 6.07 Å². The van der Waals surface area contributed by atoms with Gasteiger partial charge in [0.1, 0.15) is 18.1 Å². The average molecular weight is 194 g/mol. The van der Waals surface area contributed by atoms with Gasteiger partial charge in [0.25, 0.3) is 0 Å². The lowest BCUT2D eigenvalue weighted by molar-refractivity contribution is 0.0549. The highest BCUT2D eigenvalue weighted by atomic mass is 16.5. The molecule has 0 spiro atoms. The lowest BCUT2D eigenvalue weighted by atomic mass is 10.2. The van der Waals surface area contributed by atoms with Crippen molar-refractivity contribution < 1.29 is 19.7 Å². The van der Waals surface area contributed by atoms with Crippen molar-refractivity contribution in [2.24, 2.45) is 0 Å². The molecule has 0 radical (unpaired) electrons. The summed E-state index contributed by atoms with van der Waals surface area (Å²) in [6, 6.07) is 3.56. The highest BCUT2D eigenvalue weighted by molar-refractivity contribution is 5.90. The first-order valence-corrected chi connectivity index (χ1v) is 3.94. The van der Waals surface area contributed by atoms with Crippen LogP contribution < -0.4 is 0 Å². The zero-order chi connectivity index (χ0) is 10.6. The highest BCUT2D eigenvalue weighted by Gasteiger charge is 2.08. The van der Waals surface area contributed by atoms with Crippen molar-refractivity contribution in [2.45, 2.75) is 0 Å². The number of ether oxygens (including phenoxy) is 1. The van der Waals surface area contributed by atoms with Crippen molar-refractivity contribution in [3.8, 4) is 11.5 Å². The maximum atomic E-state index is 11.2. The van der Waals surface area contributed by atoms with Crippen molar-refractivity contribution in [1.29, 1.82) is 0 Å². The van der Waals surface area contributed by atoms with E-state index < -0.39 is 5.97 Å². The Morgan fingerprint density at radius 2 is 1.93 bits per heavy atom. The van der Waals surface area contributed by atoms with Crippen LogP contribution in [-0.2, 0) is 4.74 Å². The van der Waals surface area contributed by atoms with E-state index in [4.69, 9.17) is 14.9 Å². The maximum absolute atomic E-state index is 11.2. The number of hydrogen-bond donors (Lipinski definition) is 2. The van der Waals surface area contributed by atoms with Crippen LogP contribution in [0.15, 0.2) is 30.9 Å². The Labute approximate surface area is 81.1 Å². The van der Waals surface area contributed by atoms with Gasteiger partial charge in [0.2, 0.25) is 0 Å². The average Bonchev–Trinajstić information content (AvgIpc) is 2.12. The Kier molecular flexibility index (Phi) is 3.12. The van der Waals surface area contributed by atoms with Gasteiger partial charge >= 0.3 is 5.97 Å². The van der Waals surface area contributed by atoms with Gasteiger partial charge in [-0.05, 0) is 12.1 Å². The number of carbonyl (C=O) groups is 1. The Bertz CT molecular complexity index is 337. The molecule has 0 saturated heterocycles. The molecule has 1 rings (SSSR count). The number of phenolic OH excluding ortho intramolecular Hbond substituents is 2. The molecule has 0 aliphatic heterocycles. The summed E-state index contributed by atoms with van der Waals surface area (Å²) in [4.78, 5) is 11.2. The van der Waals surface area contributed by atoms with Crippen LogP contribution >= 0.6 is 0 Å². The Balaban J connectivity index is 2.84. The monoisotopic (exact) mass is 194 g/mol. The van der Waals surface area contributed by atoms with E-state index in [2.05, 4.69) is 6.58 Å². The van der Waals surface area contributed by atoms with Gasteiger partial charge in [0.05, 0.1) is 5.56 Å². The summed E-state index contributed by atoms with van der Waals surface area (Å²) in [6.07, 6.45) is 1.43. The molecule has 0 saturated carbocycles. The van der Waals surface area contributed by atoms with Crippen LogP contribution in [0.5, 0.6) is 11.5 Å². The fourth-order valence-electron chi connectivity index (χ4n) is 0.931. The third kappa shape index (κ3) is 2.52. The summed E-state index contributed by atoms with van der Waals surface area (Å²) in [6.45, 7) is 3.48. The smallest absolute Gasteiger partial charge is 0.338 e. The molecule has 14 heavy (non-hydrogen) atoms. The Morgan fingerprint density at radius 3 is 2.43 bits per heavy atom. The topological polar surface area (TPSA) is 66.8 Å². The van der Waals surface area contributed by atoms with Crippen molar-refractivity contribution in [1.82, 2.24) is 0 Å². The molecule has 0 heterocycles. The zero-order valence-electron chi connectivity index (χ0n) is 7.43. The lowest BCUT2D eigenvalue weighted by Crippen LogP contribution is -2.04. The van der Waals surface area contributed by atoms with Crippen molar-refractivity contribution in [3.63, 3.8) is 0 Å².